The predicted molar refractivity (Wildman–Crippen MR) is 228 cm³/mol. The molecule has 298 valence electrons. The smallest absolute Gasteiger partial charge is 0.236 e. The van der Waals surface area contributed by atoms with Crippen LogP contribution in [0.15, 0.2) is 85.2 Å². The number of benzene rings is 2. The predicted octanol–water partition coefficient (Wildman–Crippen LogP) is 9.75. The van der Waals surface area contributed by atoms with Crippen molar-refractivity contribution in [3.63, 3.8) is 0 Å². The maximum Gasteiger partial charge on any atom is 0.236 e. The molecule has 4 aliphatic rings. The van der Waals surface area contributed by atoms with Crippen LogP contribution in [0.3, 0.4) is 0 Å². The third-order valence-electron chi connectivity index (χ3n) is 10.00. The normalized spacial score (nSPS) is 17.7. The Bertz CT molecular complexity index is 1620. The van der Waals surface area contributed by atoms with Crippen LogP contribution >= 0.6 is 30.5 Å². The number of nitrogens with zero attached hydrogens (tertiary/aromatic N) is 3. The molecule has 2 aromatic carbocycles. The van der Waals surface area contributed by atoms with Crippen LogP contribution in [-0.4, -0.2) is 81.0 Å². The van der Waals surface area contributed by atoms with Gasteiger partial charge in [-0.05, 0) is 102 Å². The highest BCUT2D eigenvalue weighted by molar-refractivity contribution is 14.1. The van der Waals surface area contributed by atoms with Crippen molar-refractivity contribution < 1.29 is 27.7 Å². The number of anilines is 1. The molecule has 8 rings (SSSR count). The molecule has 0 bridgehead atoms. The first-order valence-corrected chi connectivity index (χ1v) is 22.3. The van der Waals surface area contributed by atoms with Crippen LogP contribution in [-0.2, 0) is 9.47 Å². The minimum Gasteiger partial charge on any atom is -0.497 e. The summed E-state index contributed by atoms with van der Waals surface area (Å²) in [6, 6.07) is 23.7. The first-order chi connectivity index (χ1) is 27.0. The topological polar surface area (TPSA) is 78.0 Å². The monoisotopic (exact) mass is 888 g/mol. The minimum absolute atomic E-state index is 0.177. The summed E-state index contributed by atoms with van der Waals surface area (Å²) in [6.45, 7) is 6.63. The summed E-state index contributed by atoms with van der Waals surface area (Å²) < 4.78 is 48.0. The highest BCUT2D eigenvalue weighted by Crippen LogP contribution is 2.56. The second kappa shape index (κ2) is 24.6. The number of ether oxygens (including phenoxy) is 4. The minimum atomic E-state index is -0.399. The van der Waals surface area contributed by atoms with Crippen molar-refractivity contribution in [3.05, 3.63) is 101 Å². The summed E-state index contributed by atoms with van der Waals surface area (Å²) in [5, 5.41) is 4.66. The fraction of sp³-hybridized carbons (Fsp3) is 0.488. The van der Waals surface area contributed by atoms with E-state index in [1.54, 1.807) is 31.4 Å². The molecule has 0 atom stereocenters. The summed E-state index contributed by atoms with van der Waals surface area (Å²) in [5.74, 6) is 1.99. The van der Waals surface area contributed by atoms with Gasteiger partial charge in [0.05, 0.1) is 42.8 Å². The van der Waals surface area contributed by atoms with Crippen LogP contribution in [0.2, 0.25) is 0 Å². The third-order valence-corrected chi connectivity index (χ3v) is 14.3. The van der Waals surface area contributed by atoms with E-state index in [1.165, 1.54) is 81.9 Å². The number of methoxy groups -OCH3 is 1. The standard InChI is InChI=1S/C25H33O2P.C9H11FN2O.C5H3FIN.C4H9NO/c1-26-20-11-10-12-21(19-20)27-24-17-8-9-18-25(24)28(22-13-4-2-5-14-22)23-15-6-3-7-16-23;10-9-8(2-1-3-11-9)12-4-6-13-7-5-12;6-5-4(7)2-1-3-8-5;1-3-6-4-2-5-1/h8-12,17-19,22-23H,2-7,13-16H2,1H3;1-3H,4-7H2;1-3H;5H,1-4H2. The van der Waals surface area contributed by atoms with Gasteiger partial charge in [0.2, 0.25) is 11.9 Å². The Morgan fingerprint density at radius 1 is 0.709 bits per heavy atom. The van der Waals surface area contributed by atoms with Crippen LogP contribution in [0.5, 0.6) is 17.2 Å². The van der Waals surface area contributed by atoms with Gasteiger partial charge in [-0.15, -0.1) is 0 Å². The number of hydrogen-bond acceptors (Lipinski definition) is 8. The van der Waals surface area contributed by atoms with Gasteiger partial charge in [0.15, 0.2) is 0 Å². The van der Waals surface area contributed by atoms with E-state index in [0.29, 0.717) is 22.5 Å². The van der Waals surface area contributed by atoms with Crippen LogP contribution in [0, 0.1) is 15.5 Å². The largest absolute Gasteiger partial charge is 0.497 e. The van der Waals surface area contributed by atoms with Crippen molar-refractivity contribution in [1.82, 2.24) is 15.3 Å². The van der Waals surface area contributed by atoms with Crippen LogP contribution < -0.4 is 25.0 Å². The highest BCUT2D eigenvalue weighted by atomic mass is 127. The molecular weight excluding hydrogens is 832 g/mol. The van der Waals surface area contributed by atoms with Crippen LogP contribution in [0.1, 0.15) is 64.2 Å². The number of aromatic nitrogens is 2. The molecule has 2 aliphatic carbocycles. The van der Waals surface area contributed by atoms with E-state index >= 15 is 0 Å². The summed E-state index contributed by atoms with van der Waals surface area (Å²) >= 11 is 1.89. The van der Waals surface area contributed by atoms with Crippen molar-refractivity contribution >= 4 is 41.5 Å². The van der Waals surface area contributed by atoms with E-state index in [0.717, 1.165) is 68.0 Å². The Morgan fingerprint density at radius 2 is 1.31 bits per heavy atom. The molecule has 2 saturated heterocycles. The zero-order valence-corrected chi connectivity index (χ0v) is 35.1. The number of pyridine rings is 2. The van der Waals surface area contributed by atoms with Gasteiger partial charge in [-0.25, -0.2) is 9.97 Å². The molecule has 8 nitrogen and oxygen atoms in total. The van der Waals surface area contributed by atoms with Gasteiger partial charge < -0.3 is 29.2 Å². The van der Waals surface area contributed by atoms with E-state index in [2.05, 4.69) is 39.6 Å². The van der Waals surface area contributed by atoms with E-state index in [-0.39, 0.29) is 7.92 Å². The molecule has 12 heteroatoms. The number of morpholine rings is 2. The Kier molecular flexibility index (Phi) is 19.3. The lowest BCUT2D eigenvalue weighted by atomic mass is 9.99. The average Bonchev–Trinajstić information content (AvgIpc) is 3.25. The summed E-state index contributed by atoms with van der Waals surface area (Å²) in [6.07, 6.45) is 17.0. The Labute approximate surface area is 341 Å². The number of hydrogen-bond donors (Lipinski definition) is 1. The van der Waals surface area contributed by atoms with Crippen LogP contribution in [0.4, 0.5) is 14.5 Å². The molecule has 0 spiro atoms. The Hall–Kier alpha value is -2.96. The Balaban J connectivity index is 0.000000174. The molecule has 4 fully saturated rings. The van der Waals surface area contributed by atoms with E-state index in [1.807, 2.05) is 51.8 Å². The van der Waals surface area contributed by atoms with Gasteiger partial charge in [-0.3, -0.25) is 0 Å². The first-order valence-electron chi connectivity index (χ1n) is 19.7. The molecule has 2 saturated carbocycles. The van der Waals surface area contributed by atoms with Gasteiger partial charge in [0, 0.05) is 49.9 Å². The van der Waals surface area contributed by atoms with Crippen molar-refractivity contribution in [1.29, 1.82) is 0 Å². The lowest BCUT2D eigenvalue weighted by molar-refractivity contribution is 0.109. The number of rotatable bonds is 7. The van der Waals surface area contributed by atoms with Crippen molar-refractivity contribution in [2.24, 2.45) is 0 Å². The second-order valence-electron chi connectivity index (χ2n) is 13.8. The summed E-state index contributed by atoms with van der Waals surface area (Å²) in [4.78, 5) is 8.96. The lowest BCUT2D eigenvalue weighted by Gasteiger charge is -2.39. The maximum absolute atomic E-state index is 13.2. The quantitative estimate of drug-likeness (QED) is 0.112. The van der Waals surface area contributed by atoms with Gasteiger partial charge >= 0.3 is 0 Å². The van der Waals surface area contributed by atoms with E-state index in [9.17, 15) is 8.78 Å². The average molecular weight is 889 g/mol. The fourth-order valence-corrected chi connectivity index (χ4v) is 11.5. The molecule has 4 heterocycles. The zero-order chi connectivity index (χ0) is 38.5. The molecule has 55 heavy (non-hydrogen) atoms. The number of halogens is 3. The lowest BCUT2D eigenvalue weighted by Crippen LogP contribution is -2.36. The zero-order valence-electron chi connectivity index (χ0n) is 32.0. The van der Waals surface area contributed by atoms with Gasteiger partial charge in [-0.1, -0.05) is 70.7 Å². The fourth-order valence-electron chi connectivity index (χ4n) is 7.26. The van der Waals surface area contributed by atoms with Gasteiger partial charge in [0.25, 0.3) is 0 Å². The number of para-hydroxylation sites is 1. The molecule has 2 aliphatic heterocycles. The molecule has 2 aromatic heterocycles. The summed E-state index contributed by atoms with van der Waals surface area (Å²) in [5.41, 5.74) is 2.33. The highest BCUT2D eigenvalue weighted by Gasteiger charge is 2.34. The van der Waals surface area contributed by atoms with Gasteiger partial charge in [-0.2, -0.15) is 8.78 Å². The van der Waals surface area contributed by atoms with E-state index in [4.69, 9.17) is 18.9 Å². The van der Waals surface area contributed by atoms with Crippen LogP contribution in [0.25, 0.3) is 0 Å². The van der Waals surface area contributed by atoms with Gasteiger partial charge in [0.1, 0.15) is 17.2 Å². The molecule has 0 amide bonds. The Morgan fingerprint density at radius 3 is 1.85 bits per heavy atom. The first kappa shape index (κ1) is 43.2. The molecular formula is C43H56F2IN4O4P. The van der Waals surface area contributed by atoms with E-state index < -0.39 is 11.9 Å². The number of nitrogens with one attached hydrogen (secondary N) is 1. The summed E-state index contributed by atoms with van der Waals surface area (Å²) in [7, 11) is 1.53. The van der Waals surface area contributed by atoms with Crippen molar-refractivity contribution in [3.8, 4) is 17.2 Å². The maximum atomic E-state index is 13.2. The molecule has 0 radical (unpaired) electrons. The van der Waals surface area contributed by atoms with Crippen molar-refractivity contribution in [2.75, 3.05) is 64.6 Å². The third kappa shape index (κ3) is 14.5. The van der Waals surface area contributed by atoms with Crippen molar-refractivity contribution in [2.45, 2.75) is 75.5 Å². The SMILES string of the molecule is C1COCCN1.COc1cccc(Oc2ccccc2P(C2CCCCC2)C2CCCCC2)c1.Fc1ncccc1I.Fc1ncccc1N1CCOCC1. The molecule has 0 unspecified atom stereocenters. The molecule has 1 N–H and O–H groups in total. The molecule has 4 aromatic rings. The second-order valence-corrected chi connectivity index (χ2v) is 17.7.